The van der Waals surface area contributed by atoms with Gasteiger partial charge < -0.3 is 9.47 Å². The quantitative estimate of drug-likeness (QED) is 0.145. The van der Waals surface area contributed by atoms with Gasteiger partial charge in [-0.25, -0.2) is 10.4 Å². The molecule has 8 nitrogen and oxygen atoms in total. The lowest BCUT2D eigenvalue weighted by atomic mass is 10.2. The number of para-hydroxylation sites is 1. The molecule has 1 aliphatic rings. The van der Waals surface area contributed by atoms with Crippen molar-refractivity contribution in [1.29, 1.82) is 0 Å². The molecule has 1 aliphatic carbocycles. The van der Waals surface area contributed by atoms with Crippen molar-refractivity contribution in [2.45, 2.75) is 24.4 Å². The van der Waals surface area contributed by atoms with Gasteiger partial charge in [0.15, 0.2) is 16.7 Å². The molecule has 0 unspecified atom stereocenters. The van der Waals surface area contributed by atoms with E-state index in [4.69, 9.17) is 26.1 Å². The second-order valence-corrected chi connectivity index (χ2v) is 10.7. The molecule has 0 fully saturated rings. The number of thioether (sulfide) groups is 1. The number of benzene rings is 2. The number of carbonyl (C=O) groups is 1. The fraction of sp³-hybridized carbons (Fsp3) is 0.231. The highest BCUT2D eigenvalue weighted by Gasteiger charge is 2.24. The van der Waals surface area contributed by atoms with Crippen molar-refractivity contribution in [3.05, 3.63) is 73.8 Å². The molecule has 0 aliphatic heterocycles. The minimum atomic E-state index is -0.339. The lowest BCUT2D eigenvalue weighted by Gasteiger charge is -2.12. The summed E-state index contributed by atoms with van der Waals surface area (Å²) in [4.78, 5) is 33.0. The molecule has 0 saturated heterocycles. The summed E-state index contributed by atoms with van der Waals surface area (Å²) in [5, 5.41) is 5.74. The zero-order valence-electron chi connectivity index (χ0n) is 20.1. The fourth-order valence-electron chi connectivity index (χ4n) is 4.29. The number of fused-ring (bicyclic) bond motifs is 3. The normalized spacial score (nSPS) is 12.7. The number of hydrazone groups is 1. The van der Waals surface area contributed by atoms with Gasteiger partial charge in [-0.2, -0.15) is 5.10 Å². The third kappa shape index (κ3) is 5.09. The van der Waals surface area contributed by atoms with E-state index in [9.17, 15) is 9.59 Å². The van der Waals surface area contributed by atoms with Gasteiger partial charge in [-0.15, -0.1) is 11.3 Å². The summed E-state index contributed by atoms with van der Waals surface area (Å²) in [6, 6.07) is 12.4. The third-order valence-corrected chi connectivity index (χ3v) is 8.33. The van der Waals surface area contributed by atoms with Gasteiger partial charge in [0.25, 0.3) is 11.5 Å². The van der Waals surface area contributed by atoms with E-state index in [0.29, 0.717) is 43.1 Å². The monoisotopic (exact) mass is 554 g/mol. The third-order valence-electron chi connectivity index (χ3n) is 5.95. The second-order valence-electron chi connectivity index (χ2n) is 8.21. The van der Waals surface area contributed by atoms with E-state index in [1.807, 2.05) is 0 Å². The summed E-state index contributed by atoms with van der Waals surface area (Å²) in [6.07, 6.45) is 4.40. The van der Waals surface area contributed by atoms with Gasteiger partial charge in [0.2, 0.25) is 0 Å². The number of aryl methyl sites for hydroxylation is 2. The number of hydrogen-bond donors (Lipinski definition) is 1. The number of nitrogens with one attached hydrogen (secondary N) is 1. The van der Waals surface area contributed by atoms with Crippen molar-refractivity contribution >= 4 is 57.0 Å². The molecule has 2 aromatic heterocycles. The number of hydrogen-bond acceptors (Lipinski definition) is 8. The molecule has 4 aromatic rings. The molecule has 0 atom stereocenters. The Labute approximate surface area is 226 Å². The van der Waals surface area contributed by atoms with Crippen molar-refractivity contribution < 1.29 is 14.3 Å². The van der Waals surface area contributed by atoms with Gasteiger partial charge in [-0.05, 0) is 61.2 Å². The van der Waals surface area contributed by atoms with Crippen LogP contribution < -0.4 is 20.5 Å². The van der Waals surface area contributed by atoms with Crippen LogP contribution in [0, 0.1) is 0 Å². The van der Waals surface area contributed by atoms with Crippen LogP contribution in [0.15, 0.2) is 57.5 Å². The summed E-state index contributed by atoms with van der Waals surface area (Å²) >= 11 is 8.82. The standard InChI is InChI=1S/C26H23ClN4O4S2/c1-34-19-7-3-5-15(23(19)35-2)13-28-30-21(32)14-36-26-29-24-22(18-6-4-8-20(18)37-24)25(33)31(26)17-11-9-16(27)10-12-17/h3,5,7,9-13H,4,6,8,14H2,1-2H3,(H,30,32). The zero-order chi connectivity index (χ0) is 25.9. The maximum Gasteiger partial charge on any atom is 0.267 e. The van der Waals surface area contributed by atoms with E-state index < -0.39 is 0 Å². The minimum absolute atomic E-state index is 0.0171. The highest BCUT2D eigenvalue weighted by atomic mass is 35.5. The number of methoxy groups -OCH3 is 2. The Balaban J connectivity index is 1.39. The summed E-state index contributed by atoms with van der Waals surface area (Å²) in [7, 11) is 3.09. The molecule has 2 aromatic carbocycles. The molecule has 11 heteroatoms. The number of carbonyl (C=O) groups excluding carboxylic acids is 1. The minimum Gasteiger partial charge on any atom is -0.493 e. The Morgan fingerprint density at radius 2 is 2.03 bits per heavy atom. The summed E-state index contributed by atoms with van der Waals surface area (Å²) in [6.45, 7) is 0. The number of rotatable bonds is 8. The molecule has 0 saturated carbocycles. The molecule has 0 spiro atoms. The van der Waals surface area contributed by atoms with Gasteiger partial charge in [0.05, 0.1) is 37.3 Å². The maximum atomic E-state index is 13.7. The van der Waals surface area contributed by atoms with E-state index in [-0.39, 0.29) is 17.2 Å². The predicted octanol–water partition coefficient (Wildman–Crippen LogP) is 4.85. The smallest absolute Gasteiger partial charge is 0.267 e. The van der Waals surface area contributed by atoms with Crippen LogP contribution in [-0.2, 0) is 17.6 Å². The molecule has 37 heavy (non-hydrogen) atoms. The van der Waals surface area contributed by atoms with Gasteiger partial charge in [0.1, 0.15) is 4.83 Å². The molecule has 2 heterocycles. The van der Waals surface area contributed by atoms with Crippen LogP contribution in [0.5, 0.6) is 11.5 Å². The second kappa shape index (κ2) is 11.0. The Kier molecular flexibility index (Phi) is 7.50. The first-order valence-corrected chi connectivity index (χ1v) is 13.7. The Morgan fingerprint density at radius 3 is 2.78 bits per heavy atom. The Hall–Kier alpha value is -3.34. The summed E-state index contributed by atoms with van der Waals surface area (Å²) < 4.78 is 12.2. The lowest BCUT2D eigenvalue weighted by Crippen LogP contribution is -2.24. The van der Waals surface area contributed by atoms with Crippen LogP contribution in [0.4, 0.5) is 0 Å². The number of aromatic nitrogens is 2. The van der Waals surface area contributed by atoms with Crippen LogP contribution >= 0.6 is 34.7 Å². The van der Waals surface area contributed by atoms with Crippen molar-refractivity contribution in [2.24, 2.45) is 5.10 Å². The average Bonchev–Trinajstić information content (AvgIpc) is 3.49. The molecule has 190 valence electrons. The summed E-state index contributed by atoms with van der Waals surface area (Å²) in [5.74, 6) is 0.761. The van der Waals surface area contributed by atoms with E-state index in [1.165, 1.54) is 30.0 Å². The van der Waals surface area contributed by atoms with E-state index >= 15 is 0 Å². The molecule has 0 radical (unpaired) electrons. The van der Waals surface area contributed by atoms with Crippen molar-refractivity contribution in [3.63, 3.8) is 0 Å². The largest absolute Gasteiger partial charge is 0.493 e. The molecule has 1 N–H and O–H groups in total. The van der Waals surface area contributed by atoms with Gasteiger partial charge in [-0.1, -0.05) is 29.4 Å². The maximum absolute atomic E-state index is 13.7. The van der Waals surface area contributed by atoms with Gasteiger partial charge in [0, 0.05) is 15.5 Å². The number of ether oxygens (including phenoxy) is 2. The van der Waals surface area contributed by atoms with Crippen LogP contribution in [0.2, 0.25) is 5.02 Å². The average molecular weight is 555 g/mol. The Bertz CT molecular complexity index is 1560. The lowest BCUT2D eigenvalue weighted by molar-refractivity contribution is -0.118. The number of nitrogens with zero attached hydrogens (tertiary/aromatic N) is 3. The number of amides is 1. The molecular formula is C26H23ClN4O4S2. The van der Waals surface area contributed by atoms with Crippen LogP contribution in [-0.4, -0.2) is 41.6 Å². The fourth-order valence-corrected chi connectivity index (χ4v) is 6.52. The van der Waals surface area contributed by atoms with Gasteiger partial charge >= 0.3 is 0 Å². The van der Waals surface area contributed by atoms with E-state index in [2.05, 4.69) is 10.5 Å². The highest BCUT2D eigenvalue weighted by Crippen LogP contribution is 2.36. The number of halogens is 1. The molecule has 5 rings (SSSR count). The van der Waals surface area contributed by atoms with Gasteiger partial charge in [-0.3, -0.25) is 14.2 Å². The first-order valence-electron chi connectivity index (χ1n) is 11.5. The highest BCUT2D eigenvalue weighted by molar-refractivity contribution is 7.99. The first-order chi connectivity index (χ1) is 18.0. The van der Waals surface area contributed by atoms with Crippen LogP contribution in [0.3, 0.4) is 0 Å². The number of thiophene rings is 1. The molecule has 0 bridgehead atoms. The SMILES string of the molecule is COc1cccc(C=NNC(=O)CSc2nc3sc4c(c3c(=O)n2-c2ccc(Cl)cc2)CCC4)c1OC. The van der Waals surface area contributed by atoms with Crippen molar-refractivity contribution in [2.75, 3.05) is 20.0 Å². The molecular weight excluding hydrogens is 532 g/mol. The predicted molar refractivity (Wildman–Crippen MR) is 148 cm³/mol. The van der Waals surface area contributed by atoms with Crippen molar-refractivity contribution in [1.82, 2.24) is 15.0 Å². The zero-order valence-corrected chi connectivity index (χ0v) is 22.5. The first kappa shape index (κ1) is 25.3. The topological polar surface area (TPSA) is 94.8 Å². The van der Waals surface area contributed by atoms with E-state index in [0.717, 1.165) is 24.8 Å². The van der Waals surface area contributed by atoms with E-state index in [1.54, 1.807) is 65.5 Å². The van der Waals surface area contributed by atoms with Crippen LogP contribution in [0.25, 0.3) is 15.9 Å². The van der Waals surface area contributed by atoms with Crippen LogP contribution in [0.1, 0.15) is 22.4 Å². The van der Waals surface area contributed by atoms with Crippen molar-refractivity contribution in [3.8, 4) is 17.2 Å². The Morgan fingerprint density at radius 1 is 1.22 bits per heavy atom. The molecule has 1 amide bonds. The summed E-state index contributed by atoms with van der Waals surface area (Å²) in [5.41, 5.74) is 4.81.